The van der Waals surface area contributed by atoms with Crippen LogP contribution in [0.15, 0.2) is 24.3 Å². The Hall–Kier alpha value is -1.35. The lowest BCUT2D eigenvalue weighted by atomic mass is 9.43. The van der Waals surface area contributed by atoms with E-state index in [2.05, 4.69) is 12.1 Å². The topological polar surface area (TPSA) is 43.4 Å². The van der Waals surface area contributed by atoms with Crippen molar-refractivity contribution in [2.75, 3.05) is 0 Å². The molecule has 0 spiro atoms. The molecule has 0 radical (unpaired) electrons. The van der Waals surface area contributed by atoms with Crippen LogP contribution < -0.4 is 4.74 Å². The fourth-order valence-corrected chi connectivity index (χ4v) is 6.09. The predicted octanol–water partition coefficient (Wildman–Crippen LogP) is 4.22. The normalized spacial score (nSPS) is 37.7. The molecular weight excluding hydrogens is 312 g/mol. The monoisotopic (exact) mass is 332 g/mol. The molecule has 0 N–H and O–H groups in total. The first-order chi connectivity index (χ1) is 10.9. The van der Waals surface area contributed by atoms with E-state index in [1.165, 1.54) is 18.9 Å². The predicted molar refractivity (Wildman–Crippen MR) is 87.4 cm³/mol. The second-order valence-corrected chi connectivity index (χ2v) is 8.26. The molecule has 0 aliphatic heterocycles. The van der Waals surface area contributed by atoms with Crippen LogP contribution in [0.25, 0.3) is 0 Å². The van der Waals surface area contributed by atoms with Crippen LogP contribution in [0.1, 0.15) is 51.0 Å². The van der Waals surface area contributed by atoms with Crippen molar-refractivity contribution in [1.29, 1.82) is 0 Å². The zero-order chi connectivity index (χ0) is 16.2. The number of hydrogen-bond acceptors (Lipinski definition) is 3. The van der Waals surface area contributed by atoms with Crippen LogP contribution in [0.5, 0.6) is 5.75 Å². The van der Waals surface area contributed by atoms with Crippen LogP contribution in [-0.2, 0) is 15.0 Å². The highest BCUT2D eigenvalue weighted by atomic mass is 35.5. The molecule has 4 fully saturated rings. The van der Waals surface area contributed by atoms with Crippen molar-refractivity contribution in [2.24, 2.45) is 17.3 Å². The Labute approximate surface area is 141 Å². The van der Waals surface area contributed by atoms with Crippen LogP contribution in [0.2, 0.25) is 0 Å². The average molecular weight is 333 g/mol. The van der Waals surface area contributed by atoms with Gasteiger partial charge in [0.25, 0.3) is 0 Å². The molecule has 0 amide bonds. The summed E-state index contributed by atoms with van der Waals surface area (Å²) >= 11 is 6.03. The zero-order valence-corrected chi connectivity index (χ0v) is 14.1. The second-order valence-electron chi connectivity index (χ2n) is 7.91. The molecular formula is C19H21ClO3. The first-order valence-electron chi connectivity index (χ1n) is 8.40. The molecule has 0 aromatic heterocycles. The summed E-state index contributed by atoms with van der Waals surface area (Å²) in [7, 11) is 0. The number of rotatable bonds is 3. The molecule has 3 nitrogen and oxygen atoms in total. The number of ether oxygens (including phenoxy) is 1. The van der Waals surface area contributed by atoms with Crippen LogP contribution in [0, 0.1) is 17.3 Å². The summed E-state index contributed by atoms with van der Waals surface area (Å²) in [6.45, 7) is 1.41. The highest BCUT2D eigenvalue weighted by Gasteiger charge is 2.60. The van der Waals surface area contributed by atoms with Crippen molar-refractivity contribution < 1.29 is 14.3 Å². The number of esters is 1. The first kappa shape index (κ1) is 15.2. The van der Waals surface area contributed by atoms with Gasteiger partial charge in [0, 0.05) is 12.3 Å². The van der Waals surface area contributed by atoms with Gasteiger partial charge in [-0.25, -0.2) is 0 Å². The maximum Gasteiger partial charge on any atom is 0.308 e. The summed E-state index contributed by atoms with van der Waals surface area (Å²) in [4.78, 5) is 23.2. The Morgan fingerprint density at radius 2 is 1.70 bits per heavy atom. The summed E-state index contributed by atoms with van der Waals surface area (Å²) in [5.41, 5.74) is 1.04. The number of benzene rings is 1. The maximum atomic E-state index is 12.2. The summed E-state index contributed by atoms with van der Waals surface area (Å²) in [6.07, 6.45) is 6.38. The number of carbonyl (C=O) groups excluding carboxylic acids is 2. The van der Waals surface area contributed by atoms with E-state index >= 15 is 0 Å². The van der Waals surface area contributed by atoms with Crippen LogP contribution in [-0.4, -0.2) is 11.2 Å². The quantitative estimate of drug-likeness (QED) is 0.473. The van der Waals surface area contributed by atoms with E-state index in [0.717, 1.165) is 32.1 Å². The van der Waals surface area contributed by atoms with Crippen LogP contribution >= 0.6 is 11.6 Å². The molecule has 5 rings (SSSR count). The lowest BCUT2D eigenvalue weighted by Gasteiger charge is -2.61. The minimum atomic E-state index is -0.306. The van der Waals surface area contributed by atoms with E-state index < -0.39 is 0 Å². The van der Waals surface area contributed by atoms with Crippen molar-refractivity contribution >= 4 is 22.8 Å². The molecule has 0 saturated heterocycles. The van der Waals surface area contributed by atoms with Gasteiger partial charge < -0.3 is 4.74 Å². The van der Waals surface area contributed by atoms with Gasteiger partial charge in [-0.1, -0.05) is 12.1 Å². The van der Waals surface area contributed by atoms with E-state index in [1.807, 2.05) is 12.1 Å². The lowest BCUT2D eigenvalue weighted by Crippen LogP contribution is -2.55. The van der Waals surface area contributed by atoms with Crippen molar-refractivity contribution in [3.8, 4) is 5.75 Å². The van der Waals surface area contributed by atoms with E-state index in [9.17, 15) is 9.59 Å². The number of carbonyl (C=O) groups is 2. The molecule has 4 saturated carbocycles. The molecule has 4 aliphatic carbocycles. The maximum absolute atomic E-state index is 12.2. The summed E-state index contributed by atoms with van der Waals surface area (Å²) in [6, 6.07) is 7.87. The van der Waals surface area contributed by atoms with E-state index in [4.69, 9.17) is 16.3 Å². The fraction of sp³-hybridized carbons (Fsp3) is 0.579. The summed E-state index contributed by atoms with van der Waals surface area (Å²) < 4.78 is 5.13. The van der Waals surface area contributed by atoms with Gasteiger partial charge in [-0.15, -0.1) is 0 Å². The van der Waals surface area contributed by atoms with Crippen LogP contribution in [0.3, 0.4) is 0 Å². The van der Waals surface area contributed by atoms with Gasteiger partial charge in [0.05, 0.1) is 0 Å². The third kappa shape index (κ3) is 2.40. The van der Waals surface area contributed by atoms with Crippen LogP contribution in [0.4, 0.5) is 0 Å². The Balaban J connectivity index is 1.68. The molecule has 1 aromatic rings. The van der Waals surface area contributed by atoms with Gasteiger partial charge in [0.15, 0.2) is 0 Å². The second kappa shape index (κ2) is 5.07. The number of halogens is 1. The molecule has 0 heterocycles. The van der Waals surface area contributed by atoms with E-state index in [1.54, 1.807) is 0 Å². The molecule has 2 unspecified atom stereocenters. The largest absolute Gasteiger partial charge is 0.427 e. The van der Waals surface area contributed by atoms with Gasteiger partial charge in [0.2, 0.25) is 5.24 Å². The van der Waals surface area contributed by atoms with Gasteiger partial charge in [-0.05, 0) is 85.1 Å². The molecule has 122 valence electrons. The van der Waals surface area contributed by atoms with Crippen molar-refractivity contribution in [3.63, 3.8) is 0 Å². The Bertz CT molecular complexity index is 650. The number of hydrogen-bond donors (Lipinski definition) is 0. The smallest absolute Gasteiger partial charge is 0.308 e. The summed E-state index contributed by atoms with van der Waals surface area (Å²) in [5, 5.41) is -0.132. The third-order valence-electron chi connectivity index (χ3n) is 6.21. The fourth-order valence-electron chi connectivity index (χ4n) is 5.87. The highest BCUT2D eigenvalue weighted by Crippen LogP contribution is 2.66. The van der Waals surface area contributed by atoms with Crippen molar-refractivity contribution in [3.05, 3.63) is 29.8 Å². The van der Waals surface area contributed by atoms with Crippen molar-refractivity contribution in [1.82, 2.24) is 0 Å². The molecule has 4 bridgehead atoms. The third-order valence-corrected chi connectivity index (χ3v) is 6.61. The van der Waals surface area contributed by atoms with Crippen molar-refractivity contribution in [2.45, 2.75) is 50.9 Å². The highest BCUT2D eigenvalue weighted by molar-refractivity contribution is 6.64. The van der Waals surface area contributed by atoms with Gasteiger partial charge in [0.1, 0.15) is 5.75 Å². The zero-order valence-electron chi connectivity index (χ0n) is 13.3. The average Bonchev–Trinajstić information content (AvgIpc) is 2.45. The molecule has 2 atom stereocenters. The minimum absolute atomic E-state index is 0.0728. The minimum Gasteiger partial charge on any atom is -0.427 e. The molecule has 23 heavy (non-hydrogen) atoms. The molecule has 4 heteroatoms. The Kier molecular flexibility index (Phi) is 3.35. The molecule has 1 aromatic carbocycles. The first-order valence-corrected chi connectivity index (χ1v) is 8.78. The SMILES string of the molecule is CC(=O)Oc1ccc(C23CC4CC(CC(C(=O)Cl)(C4)C2)C3)cc1. The Morgan fingerprint density at radius 1 is 1.09 bits per heavy atom. The van der Waals surface area contributed by atoms with Gasteiger partial charge in [-0.3, -0.25) is 9.59 Å². The lowest BCUT2D eigenvalue weighted by molar-refractivity contribution is -0.138. The summed E-state index contributed by atoms with van der Waals surface area (Å²) in [5.74, 6) is 1.51. The Morgan fingerprint density at radius 3 is 2.22 bits per heavy atom. The van der Waals surface area contributed by atoms with E-state index in [-0.39, 0.29) is 22.0 Å². The standard InChI is InChI=1S/C19H21ClO3/c1-12(21)23-16-4-2-15(3-5-16)18-7-13-6-14(8-18)10-19(9-13,11-18)17(20)22/h2-5,13-14H,6-11H2,1H3. The molecule has 4 aliphatic rings. The van der Waals surface area contributed by atoms with E-state index in [0.29, 0.717) is 17.6 Å². The van der Waals surface area contributed by atoms with Gasteiger partial charge >= 0.3 is 5.97 Å². The van der Waals surface area contributed by atoms with Gasteiger partial charge in [-0.2, -0.15) is 0 Å².